The number of ketones is 1. The SMILES string of the molecule is C/C=C/C(=N\O)c1ccc2c(c1)c1cc(C(=O)c3cccs3)ccc1n2-c1ccc(/C(C)=N\OC(C)=O)cc1. The second-order valence-corrected chi connectivity index (χ2v) is 9.85. The van der Waals surface area contributed by atoms with Gasteiger partial charge in [-0.25, -0.2) is 4.79 Å². The van der Waals surface area contributed by atoms with Gasteiger partial charge < -0.3 is 14.6 Å². The third kappa shape index (κ3) is 5.02. The Morgan fingerprint density at radius 2 is 1.54 bits per heavy atom. The molecule has 1 N–H and O–H groups in total. The summed E-state index contributed by atoms with van der Waals surface area (Å²) in [5.74, 6) is -0.501. The normalized spacial score (nSPS) is 12.5. The van der Waals surface area contributed by atoms with Crippen molar-refractivity contribution >= 4 is 56.3 Å². The molecule has 2 aromatic heterocycles. The van der Waals surface area contributed by atoms with Crippen molar-refractivity contribution in [1.29, 1.82) is 0 Å². The van der Waals surface area contributed by atoms with Crippen LogP contribution in [-0.2, 0) is 9.63 Å². The molecule has 0 aliphatic rings. The number of carbonyl (C=O) groups is 2. The van der Waals surface area contributed by atoms with Gasteiger partial charge in [0.25, 0.3) is 0 Å². The fourth-order valence-corrected chi connectivity index (χ4v) is 5.22. The van der Waals surface area contributed by atoms with Crippen LogP contribution in [0.5, 0.6) is 0 Å². The first-order chi connectivity index (χ1) is 18.9. The minimum atomic E-state index is -0.476. The zero-order chi connectivity index (χ0) is 27.5. The highest BCUT2D eigenvalue weighted by Crippen LogP contribution is 2.34. The Morgan fingerprint density at radius 3 is 2.13 bits per heavy atom. The van der Waals surface area contributed by atoms with Crippen molar-refractivity contribution in [2.24, 2.45) is 10.3 Å². The van der Waals surface area contributed by atoms with Gasteiger partial charge in [-0.2, -0.15) is 0 Å². The maximum Gasteiger partial charge on any atom is 0.331 e. The fraction of sp³-hybridized carbons (Fsp3) is 0.0968. The van der Waals surface area contributed by atoms with Gasteiger partial charge in [0.15, 0.2) is 0 Å². The summed E-state index contributed by atoms with van der Waals surface area (Å²) in [7, 11) is 0. The molecule has 0 unspecified atom stereocenters. The number of oxime groups is 2. The Bertz CT molecular complexity index is 1790. The summed E-state index contributed by atoms with van der Waals surface area (Å²) < 4.78 is 2.13. The molecule has 8 heteroatoms. The number of fused-ring (bicyclic) bond motifs is 3. The predicted molar refractivity (Wildman–Crippen MR) is 156 cm³/mol. The minimum absolute atomic E-state index is 0.0256. The summed E-state index contributed by atoms with van der Waals surface area (Å²) in [4.78, 5) is 29.7. The molecule has 5 aromatic rings. The van der Waals surface area contributed by atoms with Crippen LogP contribution in [0.2, 0.25) is 0 Å². The van der Waals surface area contributed by atoms with E-state index < -0.39 is 5.97 Å². The molecule has 0 bridgehead atoms. The van der Waals surface area contributed by atoms with Crippen molar-refractivity contribution in [3.05, 3.63) is 112 Å². The number of nitrogens with zero attached hydrogens (tertiary/aromatic N) is 3. The molecule has 5 rings (SSSR count). The van der Waals surface area contributed by atoms with Crippen LogP contribution < -0.4 is 0 Å². The largest absolute Gasteiger partial charge is 0.410 e. The highest BCUT2D eigenvalue weighted by Gasteiger charge is 2.17. The summed E-state index contributed by atoms with van der Waals surface area (Å²) >= 11 is 1.42. The number of hydrogen-bond acceptors (Lipinski definition) is 7. The molecule has 0 aliphatic heterocycles. The quantitative estimate of drug-likeness (QED) is 0.0790. The summed E-state index contributed by atoms with van der Waals surface area (Å²) in [6.07, 6.45) is 3.55. The lowest BCUT2D eigenvalue weighted by Crippen LogP contribution is -2.01. The lowest BCUT2D eigenvalue weighted by atomic mass is 10.0. The van der Waals surface area contributed by atoms with Crippen LogP contribution in [-0.4, -0.2) is 33.0 Å². The number of carbonyl (C=O) groups excluding carboxylic acids is 2. The first-order valence-corrected chi connectivity index (χ1v) is 13.1. The molecule has 7 nitrogen and oxygen atoms in total. The third-order valence-corrected chi connectivity index (χ3v) is 7.22. The van der Waals surface area contributed by atoms with E-state index >= 15 is 0 Å². The van der Waals surface area contributed by atoms with Crippen LogP contribution >= 0.6 is 11.3 Å². The van der Waals surface area contributed by atoms with E-state index in [0.717, 1.165) is 38.6 Å². The van der Waals surface area contributed by atoms with Crippen molar-refractivity contribution in [2.75, 3.05) is 0 Å². The van der Waals surface area contributed by atoms with Crippen molar-refractivity contribution < 1.29 is 19.6 Å². The molecule has 39 heavy (non-hydrogen) atoms. The molecule has 0 radical (unpaired) electrons. The Hall–Kier alpha value is -4.82. The first kappa shape index (κ1) is 25.8. The van der Waals surface area contributed by atoms with Gasteiger partial charge in [-0.15, -0.1) is 11.3 Å². The molecule has 0 amide bonds. The average Bonchev–Trinajstić information content (AvgIpc) is 3.60. The van der Waals surface area contributed by atoms with Gasteiger partial charge in [0.05, 0.1) is 21.6 Å². The monoisotopic (exact) mass is 535 g/mol. The van der Waals surface area contributed by atoms with E-state index in [-0.39, 0.29) is 5.78 Å². The fourth-order valence-electron chi connectivity index (χ4n) is 4.53. The van der Waals surface area contributed by atoms with Crippen molar-refractivity contribution in [1.82, 2.24) is 4.57 Å². The van der Waals surface area contributed by atoms with Crippen LogP contribution in [0.1, 0.15) is 47.1 Å². The van der Waals surface area contributed by atoms with E-state index in [4.69, 9.17) is 4.84 Å². The summed E-state index contributed by atoms with van der Waals surface area (Å²) in [5.41, 5.74) is 5.98. The lowest BCUT2D eigenvalue weighted by Gasteiger charge is -2.10. The number of aromatic nitrogens is 1. The van der Waals surface area contributed by atoms with E-state index in [9.17, 15) is 14.8 Å². The van der Waals surface area contributed by atoms with E-state index in [1.807, 2.05) is 91.2 Å². The molecule has 0 atom stereocenters. The molecule has 2 heterocycles. The number of thiophene rings is 1. The molecule has 0 saturated heterocycles. The summed E-state index contributed by atoms with van der Waals surface area (Å²) in [6, 6.07) is 23.1. The Kier molecular flexibility index (Phi) is 7.21. The maximum absolute atomic E-state index is 13.2. The summed E-state index contributed by atoms with van der Waals surface area (Å²) in [6.45, 7) is 4.94. The lowest BCUT2D eigenvalue weighted by molar-refractivity contribution is -0.140. The van der Waals surface area contributed by atoms with Gasteiger partial charge in [0.1, 0.15) is 5.71 Å². The van der Waals surface area contributed by atoms with Gasteiger partial charge >= 0.3 is 5.97 Å². The van der Waals surface area contributed by atoms with Gasteiger partial charge in [-0.1, -0.05) is 40.7 Å². The predicted octanol–water partition coefficient (Wildman–Crippen LogP) is 7.12. The van der Waals surface area contributed by atoms with Crippen molar-refractivity contribution in [2.45, 2.75) is 20.8 Å². The van der Waals surface area contributed by atoms with Crippen molar-refractivity contribution in [3.63, 3.8) is 0 Å². The van der Waals surface area contributed by atoms with Crippen LogP contribution in [0.25, 0.3) is 27.5 Å². The molecule has 0 fully saturated rings. The second kappa shape index (κ2) is 10.9. The van der Waals surface area contributed by atoms with E-state index in [1.54, 1.807) is 13.0 Å². The Labute approximate surface area is 228 Å². The van der Waals surface area contributed by atoms with Gasteiger partial charge in [0, 0.05) is 34.5 Å². The first-order valence-electron chi connectivity index (χ1n) is 12.3. The maximum atomic E-state index is 13.2. The van der Waals surface area contributed by atoms with Crippen LogP contribution in [0, 0.1) is 0 Å². The van der Waals surface area contributed by atoms with Gasteiger partial charge in [-0.05, 0) is 79.4 Å². The molecule has 0 spiro atoms. The molecule has 3 aromatic carbocycles. The average molecular weight is 536 g/mol. The van der Waals surface area contributed by atoms with E-state index in [1.165, 1.54) is 18.3 Å². The topological polar surface area (TPSA) is 93.2 Å². The molecule has 0 aliphatic carbocycles. The van der Waals surface area contributed by atoms with Crippen LogP contribution in [0.4, 0.5) is 0 Å². The number of allylic oxidation sites excluding steroid dienone is 2. The van der Waals surface area contributed by atoms with Crippen molar-refractivity contribution in [3.8, 4) is 5.69 Å². The van der Waals surface area contributed by atoms with E-state index in [0.29, 0.717) is 21.9 Å². The van der Waals surface area contributed by atoms with Gasteiger partial charge in [-0.3, -0.25) is 4.79 Å². The zero-order valence-corrected chi connectivity index (χ0v) is 22.4. The Morgan fingerprint density at radius 1 is 0.897 bits per heavy atom. The van der Waals surface area contributed by atoms with Crippen LogP contribution in [0.15, 0.2) is 101 Å². The molecule has 194 valence electrons. The van der Waals surface area contributed by atoms with Crippen LogP contribution in [0.3, 0.4) is 0 Å². The number of rotatable bonds is 7. The highest BCUT2D eigenvalue weighted by molar-refractivity contribution is 7.12. The molecular weight excluding hydrogens is 510 g/mol. The Balaban J connectivity index is 1.69. The minimum Gasteiger partial charge on any atom is -0.410 e. The number of hydrogen-bond donors (Lipinski definition) is 1. The number of benzene rings is 3. The van der Waals surface area contributed by atoms with Gasteiger partial charge in [0.2, 0.25) is 5.78 Å². The zero-order valence-electron chi connectivity index (χ0n) is 21.6. The highest BCUT2D eigenvalue weighted by atomic mass is 32.1. The molecular formula is C31H25N3O4S. The standard InChI is InChI=1S/C31H25N3O4S/c1-4-6-27(32-37)22-10-14-28-25(17-22)26-18-23(31(36)30-7-5-16-39-30)11-15-29(26)34(28)24-12-8-21(9-13-24)19(2)33-38-20(3)35/h4-18,37H,1-3H3/b6-4+,32-27+,33-19-. The smallest absolute Gasteiger partial charge is 0.331 e. The summed E-state index contributed by atoms with van der Waals surface area (Å²) in [5, 5.41) is 20.6. The third-order valence-electron chi connectivity index (χ3n) is 6.35. The second-order valence-electron chi connectivity index (χ2n) is 8.90. The molecule has 0 saturated carbocycles. The van der Waals surface area contributed by atoms with E-state index in [2.05, 4.69) is 14.9 Å².